The third-order valence-electron chi connectivity index (χ3n) is 2.51. The van der Waals surface area contributed by atoms with Gasteiger partial charge in [0.2, 0.25) is 5.82 Å². The van der Waals surface area contributed by atoms with Gasteiger partial charge < -0.3 is 11.1 Å². The number of benzene rings is 1. The lowest BCUT2D eigenvalue weighted by molar-refractivity contribution is 0.101. The number of hydrogen-bond donors (Lipinski definition) is 3. The first-order valence-electron chi connectivity index (χ1n) is 5.76. The minimum atomic E-state index is -0.530. The van der Waals surface area contributed by atoms with E-state index in [1.54, 1.807) is 0 Å². The van der Waals surface area contributed by atoms with Crippen molar-refractivity contribution in [1.82, 2.24) is 15.2 Å². The number of anilines is 2. The van der Waals surface area contributed by atoms with Gasteiger partial charge in [-0.25, -0.2) is 9.37 Å². The van der Waals surface area contributed by atoms with Gasteiger partial charge in [0, 0.05) is 11.6 Å². The van der Waals surface area contributed by atoms with Crippen LogP contribution in [0.5, 0.6) is 0 Å². The molecule has 0 saturated heterocycles. The first-order chi connectivity index (χ1) is 8.97. The number of halogens is 1. The SMILES string of the molecule is CC(C)c1nc(C(=O)Nc2ccc(F)c(N)c2)n[nH]1. The summed E-state index contributed by atoms with van der Waals surface area (Å²) in [6.45, 7) is 3.87. The van der Waals surface area contributed by atoms with E-state index in [4.69, 9.17) is 5.73 Å². The number of carbonyl (C=O) groups excluding carboxylic acids is 1. The molecule has 0 bridgehead atoms. The maximum atomic E-state index is 13.0. The maximum absolute atomic E-state index is 13.0. The molecule has 0 aliphatic carbocycles. The standard InChI is InChI=1S/C12H14FN5O/c1-6(2)10-16-11(18-17-10)12(19)15-7-3-4-8(13)9(14)5-7/h3-6H,14H2,1-2H3,(H,15,19)(H,16,17,18). The summed E-state index contributed by atoms with van der Waals surface area (Å²) in [5.41, 5.74) is 5.77. The lowest BCUT2D eigenvalue weighted by Crippen LogP contribution is -2.14. The van der Waals surface area contributed by atoms with Gasteiger partial charge in [-0.1, -0.05) is 13.8 Å². The van der Waals surface area contributed by atoms with Crippen molar-refractivity contribution in [3.05, 3.63) is 35.7 Å². The summed E-state index contributed by atoms with van der Waals surface area (Å²) in [4.78, 5) is 15.9. The number of aromatic nitrogens is 3. The molecular weight excluding hydrogens is 249 g/mol. The summed E-state index contributed by atoms with van der Waals surface area (Å²) >= 11 is 0. The summed E-state index contributed by atoms with van der Waals surface area (Å²) in [5.74, 6) is -0.196. The Morgan fingerprint density at radius 1 is 1.47 bits per heavy atom. The maximum Gasteiger partial charge on any atom is 0.295 e. The van der Waals surface area contributed by atoms with Crippen LogP contribution in [0, 0.1) is 5.82 Å². The molecule has 0 fully saturated rings. The van der Waals surface area contributed by atoms with Gasteiger partial charge in [0.1, 0.15) is 11.6 Å². The molecule has 0 unspecified atom stereocenters. The van der Waals surface area contributed by atoms with Crippen LogP contribution in [0.15, 0.2) is 18.2 Å². The van der Waals surface area contributed by atoms with Gasteiger partial charge in [-0.05, 0) is 18.2 Å². The molecule has 6 nitrogen and oxygen atoms in total. The van der Waals surface area contributed by atoms with Gasteiger partial charge in [0.25, 0.3) is 5.91 Å². The van der Waals surface area contributed by atoms with Crippen molar-refractivity contribution in [1.29, 1.82) is 0 Å². The number of rotatable bonds is 3. The van der Waals surface area contributed by atoms with Gasteiger partial charge in [-0.15, -0.1) is 5.10 Å². The zero-order valence-corrected chi connectivity index (χ0v) is 10.6. The average Bonchev–Trinajstić information content (AvgIpc) is 2.83. The predicted molar refractivity (Wildman–Crippen MR) is 69.2 cm³/mol. The van der Waals surface area contributed by atoms with E-state index in [2.05, 4.69) is 20.5 Å². The smallest absolute Gasteiger partial charge is 0.295 e. The first kappa shape index (κ1) is 13.0. The van der Waals surface area contributed by atoms with Crippen molar-refractivity contribution in [2.75, 3.05) is 11.1 Å². The van der Waals surface area contributed by atoms with E-state index < -0.39 is 11.7 Å². The fraction of sp³-hybridized carbons (Fsp3) is 0.250. The Morgan fingerprint density at radius 2 is 2.21 bits per heavy atom. The second-order valence-corrected chi connectivity index (χ2v) is 4.39. The Hall–Kier alpha value is -2.44. The second kappa shape index (κ2) is 5.05. The van der Waals surface area contributed by atoms with Crippen molar-refractivity contribution >= 4 is 17.3 Å². The van der Waals surface area contributed by atoms with Gasteiger partial charge in [0.05, 0.1) is 5.69 Å². The molecule has 1 amide bonds. The summed E-state index contributed by atoms with van der Waals surface area (Å²) < 4.78 is 13.0. The fourth-order valence-corrected chi connectivity index (χ4v) is 1.44. The van der Waals surface area contributed by atoms with E-state index >= 15 is 0 Å². The molecule has 2 rings (SSSR count). The van der Waals surface area contributed by atoms with Crippen molar-refractivity contribution in [3.8, 4) is 0 Å². The molecule has 0 saturated carbocycles. The highest BCUT2D eigenvalue weighted by molar-refractivity contribution is 6.01. The van der Waals surface area contributed by atoms with E-state index in [-0.39, 0.29) is 17.4 Å². The van der Waals surface area contributed by atoms with Crippen LogP contribution >= 0.6 is 0 Å². The van der Waals surface area contributed by atoms with E-state index in [1.165, 1.54) is 18.2 Å². The van der Waals surface area contributed by atoms with E-state index in [1.807, 2.05) is 13.8 Å². The molecule has 0 aliphatic heterocycles. The van der Waals surface area contributed by atoms with Crippen LogP contribution in [0.1, 0.15) is 36.2 Å². The number of H-pyrrole nitrogens is 1. The van der Waals surface area contributed by atoms with Crippen LogP contribution in [0.3, 0.4) is 0 Å². The summed E-state index contributed by atoms with van der Waals surface area (Å²) in [5, 5.41) is 9.05. The molecule has 0 spiro atoms. The Morgan fingerprint density at radius 3 is 2.79 bits per heavy atom. The van der Waals surface area contributed by atoms with Gasteiger partial charge in [0.15, 0.2) is 0 Å². The van der Waals surface area contributed by atoms with Crippen LogP contribution in [0.4, 0.5) is 15.8 Å². The number of amides is 1. The van der Waals surface area contributed by atoms with E-state index in [9.17, 15) is 9.18 Å². The van der Waals surface area contributed by atoms with Gasteiger partial charge in [-0.2, -0.15) is 0 Å². The van der Waals surface area contributed by atoms with Crippen LogP contribution in [0.25, 0.3) is 0 Å². The molecule has 19 heavy (non-hydrogen) atoms. The Kier molecular flexibility index (Phi) is 3.46. The highest BCUT2D eigenvalue weighted by atomic mass is 19.1. The third kappa shape index (κ3) is 2.87. The molecule has 100 valence electrons. The van der Waals surface area contributed by atoms with Crippen LogP contribution in [0.2, 0.25) is 0 Å². The minimum absolute atomic E-state index is 0.0318. The number of nitrogen functional groups attached to an aromatic ring is 1. The zero-order valence-electron chi connectivity index (χ0n) is 10.6. The largest absolute Gasteiger partial charge is 0.396 e. The predicted octanol–water partition coefficient (Wildman–Crippen LogP) is 1.90. The highest BCUT2D eigenvalue weighted by Crippen LogP contribution is 2.17. The van der Waals surface area contributed by atoms with Crippen molar-refractivity contribution in [2.24, 2.45) is 0 Å². The molecule has 1 aromatic carbocycles. The Balaban J connectivity index is 2.13. The Labute approximate surface area is 109 Å². The quantitative estimate of drug-likeness (QED) is 0.737. The molecule has 4 N–H and O–H groups in total. The van der Waals surface area contributed by atoms with Crippen molar-refractivity contribution in [3.63, 3.8) is 0 Å². The molecule has 0 radical (unpaired) electrons. The highest BCUT2D eigenvalue weighted by Gasteiger charge is 2.14. The number of hydrogen-bond acceptors (Lipinski definition) is 4. The number of carbonyl (C=O) groups is 1. The molecule has 7 heteroatoms. The van der Waals surface area contributed by atoms with Crippen LogP contribution < -0.4 is 11.1 Å². The lowest BCUT2D eigenvalue weighted by atomic mass is 10.2. The number of nitrogens with zero attached hydrogens (tertiary/aromatic N) is 2. The summed E-state index contributed by atoms with van der Waals surface area (Å²) in [6, 6.07) is 3.94. The first-order valence-corrected chi connectivity index (χ1v) is 5.76. The normalized spacial score (nSPS) is 10.7. The number of nitrogens with two attached hydrogens (primary N) is 1. The van der Waals surface area contributed by atoms with E-state index in [0.29, 0.717) is 11.5 Å². The van der Waals surface area contributed by atoms with Gasteiger partial charge in [-0.3, -0.25) is 9.89 Å². The minimum Gasteiger partial charge on any atom is -0.396 e. The van der Waals surface area contributed by atoms with Crippen molar-refractivity contribution in [2.45, 2.75) is 19.8 Å². The molecule has 2 aromatic rings. The number of nitrogens with one attached hydrogen (secondary N) is 2. The molecule has 1 aromatic heterocycles. The van der Waals surface area contributed by atoms with Gasteiger partial charge >= 0.3 is 0 Å². The molecular formula is C12H14FN5O. The summed E-state index contributed by atoms with van der Waals surface area (Å²) in [7, 11) is 0. The van der Waals surface area contributed by atoms with Crippen molar-refractivity contribution < 1.29 is 9.18 Å². The van der Waals surface area contributed by atoms with Crippen LogP contribution in [-0.2, 0) is 0 Å². The monoisotopic (exact) mass is 263 g/mol. The fourth-order valence-electron chi connectivity index (χ4n) is 1.44. The van der Waals surface area contributed by atoms with Crippen LogP contribution in [-0.4, -0.2) is 21.1 Å². The molecule has 1 heterocycles. The summed E-state index contributed by atoms with van der Waals surface area (Å²) in [6.07, 6.45) is 0. The topological polar surface area (TPSA) is 96.7 Å². The third-order valence-corrected chi connectivity index (χ3v) is 2.51. The van der Waals surface area contributed by atoms with E-state index in [0.717, 1.165) is 0 Å². The molecule has 0 aliphatic rings. The zero-order chi connectivity index (χ0) is 14.0. The second-order valence-electron chi connectivity index (χ2n) is 4.39. The lowest BCUT2D eigenvalue weighted by Gasteiger charge is -2.04. The average molecular weight is 263 g/mol. The molecule has 0 atom stereocenters. The number of aromatic amines is 1. The Bertz CT molecular complexity index is 608.